The summed E-state index contributed by atoms with van der Waals surface area (Å²) in [4.78, 5) is 27.2. The Labute approximate surface area is 172 Å². The Morgan fingerprint density at radius 1 is 1.10 bits per heavy atom. The molecule has 146 valence electrons. The van der Waals surface area contributed by atoms with Crippen LogP contribution in [-0.4, -0.2) is 16.8 Å². The molecule has 4 rings (SSSR count). The Bertz CT molecular complexity index is 1070. The average Bonchev–Trinajstić information content (AvgIpc) is 3.31. The lowest BCUT2D eigenvalue weighted by Gasteiger charge is -2.22. The molecule has 0 saturated carbocycles. The van der Waals surface area contributed by atoms with Crippen molar-refractivity contribution < 1.29 is 19.1 Å². The largest absolute Gasteiger partial charge is 0.465 e. The van der Waals surface area contributed by atoms with Gasteiger partial charge < -0.3 is 14.4 Å². The summed E-state index contributed by atoms with van der Waals surface area (Å²) in [5.41, 5.74) is -0.0181. The Morgan fingerprint density at radius 3 is 2.59 bits per heavy atom. The van der Waals surface area contributed by atoms with E-state index in [1.165, 1.54) is 23.3 Å². The number of ketones is 1. The monoisotopic (exact) mass is 407 g/mol. The first kappa shape index (κ1) is 19.2. The minimum atomic E-state index is -1.91. The number of benzene rings is 2. The predicted molar refractivity (Wildman–Crippen MR) is 110 cm³/mol. The van der Waals surface area contributed by atoms with E-state index in [1.807, 2.05) is 12.1 Å². The third-order valence-corrected chi connectivity index (χ3v) is 5.15. The van der Waals surface area contributed by atoms with Gasteiger partial charge in [-0.25, -0.2) is 0 Å². The number of amides is 1. The molecule has 1 aliphatic rings. The molecule has 0 saturated heterocycles. The number of aliphatic hydroxyl groups is 1. The van der Waals surface area contributed by atoms with Gasteiger partial charge in [-0.1, -0.05) is 41.9 Å². The summed E-state index contributed by atoms with van der Waals surface area (Å²) in [5.74, 6) is -0.373. The van der Waals surface area contributed by atoms with Crippen molar-refractivity contribution in [3.05, 3.63) is 94.9 Å². The first-order valence-corrected chi connectivity index (χ1v) is 9.48. The number of rotatable bonds is 6. The highest BCUT2D eigenvalue weighted by Crippen LogP contribution is 2.43. The summed E-state index contributed by atoms with van der Waals surface area (Å²) in [6.45, 7) is 0.270. The van der Waals surface area contributed by atoms with Gasteiger partial charge in [0.15, 0.2) is 11.4 Å². The smallest absolute Gasteiger partial charge is 0.264 e. The lowest BCUT2D eigenvalue weighted by Crippen LogP contribution is -2.41. The van der Waals surface area contributed by atoms with Crippen molar-refractivity contribution in [1.82, 2.24) is 0 Å². The lowest BCUT2D eigenvalue weighted by atomic mass is 9.90. The highest BCUT2D eigenvalue weighted by Gasteiger charge is 2.50. The third-order valence-electron chi connectivity index (χ3n) is 4.90. The summed E-state index contributed by atoms with van der Waals surface area (Å²) in [7, 11) is 0. The lowest BCUT2D eigenvalue weighted by molar-refractivity contribution is -0.140. The molecule has 5 nitrogen and oxygen atoms in total. The Kier molecular flexibility index (Phi) is 5.09. The summed E-state index contributed by atoms with van der Waals surface area (Å²) in [6.07, 6.45) is 3.98. The van der Waals surface area contributed by atoms with Gasteiger partial charge in [0.25, 0.3) is 5.91 Å². The molecule has 1 N–H and O–H groups in total. The van der Waals surface area contributed by atoms with Gasteiger partial charge in [-0.3, -0.25) is 9.59 Å². The first-order chi connectivity index (χ1) is 14.0. The maximum atomic E-state index is 13.2. The van der Waals surface area contributed by atoms with Crippen LogP contribution in [0.25, 0.3) is 6.08 Å². The molecule has 0 fully saturated rings. The van der Waals surface area contributed by atoms with Crippen LogP contribution < -0.4 is 4.90 Å². The molecule has 2 aromatic carbocycles. The van der Waals surface area contributed by atoms with Crippen LogP contribution in [0.1, 0.15) is 23.3 Å². The molecule has 1 aliphatic heterocycles. The van der Waals surface area contributed by atoms with E-state index in [2.05, 4.69) is 0 Å². The van der Waals surface area contributed by atoms with E-state index in [9.17, 15) is 14.7 Å². The molecular weight excluding hydrogens is 390 g/mol. The van der Waals surface area contributed by atoms with Gasteiger partial charge in [0.05, 0.1) is 24.9 Å². The fourth-order valence-corrected chi connectivity index (χ4v) is 3.61. The molecule has 0 radical (unpaired) electrons. The predicted octanol–water partition coefficient (Wildman–Crippen LogP) is 4.34. The normalized spacial score (nSPS) is 18.4. The topological polar surface area (TPSA) is 70.7 Å². The molecule has 1 unspecified atom stereocenters. The van der Waals surface area contributed by atoms with E-state index < -0.39 is 11.5 Å². The van der Waals surface area contributed by atoms with Crippen LogP contribution in [0.5, 0.6) is 0 Å². The van der Waals surface area contributed by atoms with Crippen LogP contribution in [0.15, 0.2) is 77.4 Å². The molecule has 1 amide bonds. The van der Waals surface area contributed by atoms with Crippen molar-refractivity contribution in [3.63, 3.8) is 0 Å². The summed E-state index contributed by atoms with van der Waals surface area (Å²) >= 11 is 5.94. The molecule has 29 heavy (non-hydrogen) atoms. The van der Waals surface area contributed by atoms with Crippen molar-refractivity contribution in [1.29, 1.82) is 0 Å². The van der Waals surface area contributed by atoms with Crippen LogP contribution in [0, 0.1) is 0 Å². The van der Waals surface area contributed by atoms with E-state index in [0.717, 1.165) is 5.56 Å². The second-order valence-electron chi connectivity index (χ2n) is 6.89. The van der Waals surface area contributed by atoms with Gasteiger partial charge in [-0.15, -0.1) is 0 Å². The zero-order chi connectivity index (χ0) is 20.4. The first-order valence-electron chi connectivity index (χ1n) is 9.10. The van der Waals surface area contributed by atoms with E-state index in [1.54, 1.807) is 48.5 Å². The number of hydrogen-bond donors (Lipinski definition) is 1. The molecule has 2 heterocycles. The van der Waals surface area contributed by atoms with Gasteiger partial charge >= 0.3 is 0 Å². The average molecular weight is 408 g/mol. The Morgan fingerprint density at radius 2 is 1.86 bits per heavy atom. The number of hydrogen-bond acceptors (Lipinski definition) is 4. The SMILES string of the molecule is O=C(C=Cc1ccco1)CC1(O)C(=O)N(Cc2ccc(Cl)cc2)c2ccccc21. The zero-order valence-corrected chi connectivity index (χ0v) is 16.2. The molecule has 1 aromatic heterocycles. The van der Waals surface area contributed by atoms with Gasteiger partial charge in [0.1, 0.15) is 5.76 Å². The van der Waals surface area contributed by atoms with E-state index in [4.69, 9.17) is 16.0 Å². The standard InChI is InChI=1S/C23H18ClNO4/c24-17-9-7-16(8-10-17)15-25-21-6-2-1-5-20(21)23(28,22(25)27)14-18(26)11-12-19-4-3-13-29-19/h1-13,28H,14-15H2. The molecule has 1 atom stereocenters. The Balaban J connectivity index is 1.60. The van der Waals surface area contributed by atoms with Gasteiger partial charge in [-0.05, 0) is 48.0 Å². The summed E-state index contributed by atoms with van der Waals surface area (Å²) in [5, 5.41) is 11.8. The van der Waals surface area contributed by atoms with Crippen molar-refractivity contribution in [3.8, 4) is 0 Å². The minimum absolute atomic E-state index is 0.270. The van der Waals surface area contributed by atoms with Crippen LogP contribution >= 0.6 is 11.6 Å². The number of furan rings is 1. The van der Waals surface area contributed by atoms with Crippen molar-refractivity contribution in [2.24, 2.45) is 0 Å². The van der Waals surface area contributed by atoms with Crippen LogP contribution in [0.4, 0.5) is 5.69 Å². The fraction of sp³-hybridized carbons (Fsp3) is 0.130. The quantitative estimate of drug-likeness (QED) is 0.617. The number of carbonyl (C=O) groups is 2. The van der Waals surface area contributed by atoms with Crippen LogP contribution in [0.2, 0.25) is 5.02 Å². The zero-order valence-electron chi connectivity index (χ0n) is 15.4. The maximum Gasteiger partial charge on any atom is 0.264 e. The Hall–Kier alpha value is -3.15. The van der Waals surface area contributed by atoms with E-state index >= 15 is 0 Å². The fourth-order valence-electron chi connectivity index (χ4n) is 3.48. The van der Waals surface area contributed by atoms with Crippen molar-refractivity contribution in [2.45, 2.75) is 18.6 Å². The second-order valence-corrected chi connectivity index (χ2v) is 7.32. The number of fused-ring (bicyclic) bond motifs is 1. The highest BCUT2D eigenvalue weighted by atomic mass is 35.5. The number of para-hydroxylation sites is 1. The van der Waals surface area contributed by atoms with E-state index in [0.29, 0.717) is 22.0 Å². The summed E-state index contributed by atoms with van der Waals surface area (Å²) in [6, 6.07) is 17.6. The number of carbonyl (C=O) groups excluding carboxylic acids is 2. The highest BCUT2D eigenvalue weighted by molar-refractivity contribution is 6.30. The maximum absolute atomic E-state index is 13.2. The third kappa shape index (κ3) is 3.75. The molecule has 6 heteroatoms. The van der Waals surface area contributed by atoms with Crippen molar-refractivity contribution in [2.75, 3.05) is 4.90 Å². The molecule has 3 aromatic rings. The second kappa shape index (κ2) is 7.70. The van der Waals surface area contributed by atoms with E-state index in [-0.39, 0.29) is 18.7 Å². The summed E-state index contributed by atoms with van der Waals surface area (Å²) < 4.78 is 5.16. The van der Waals surface area contributed by atoms with Gasteiger partial charge in [-0.2, -0.15) is 0 Å². The molecule has 0 bridgehead atoms. The number of anilines is 1. The minimum Gasteiger partial charge on any atom is -0.465 e. The number of nitrogens with zero attached hydrogens (tertiary/aromatic N) is 1. The molecular formula is C23H18ClNO4. The molecule has 0 spiro atoms. The molecule has 0 aliphatic carbocycles. The van der Waals surface area contributed by atoms with Gasteiger partial charge in [0, 0.05) is 10.6 Å². The van der Waals surface area contributed by atoms with Crippen LogP contribution in [-0.2, 0) is 21.7 Å². The van der Waals surface area contributed by atoms with Crippen LogP contribution in [0.3, 0.4) is 0 Å². The van der Waals surface area contributed by atoms with Gasteiger partial charge in [0.2, 0.25) is 0 Å². The number of allylic oxidation sites excluding steroid dienone is 1. The number of halogens is 1. The van der Waals surface area contributed by atoms with Crippen molar-refractivity contribution >= 4 is 35.1 Å².